The summed E-state index contributed by atoms with van der Waals surface area (Å²) in [7, 11) is 1.57. The van der Waals surface area contributed by atoms with E-state index in [4.69, 9.17) is 11.2 Å². The molecule has 0 atom stereocenters. The highest BCUT2D eigenvalue weighted by Gasteiger charge is 2.15. The molecule has 0 aliphatic heterocycles. The SMILES string of the molecule is C#CCn1c(=NC(=O)c2ccc([N+](=O)[O-])s2)sc2cc(OC)ccc21. The molecule has 25 heavy (non-hydrogen) atoms. The van der Waals surface area contributed by atoms with Gasteiger partial charge in [0, 0.05) is 6.07 Å². The number of benzene rings is 1. The number of carbonyl (C=O) groups is 1. The lowest BCUT2D eigenvalue weighted by Gasteiger charge is -2.01. The largest absolute Gasteiger partial charge is 0.497 e. The molecule has 0 unspecified atom stereocenters. The Kier molecular flexibility index (Phi) is 4.65. The number of carbonyl (C=O) groups excluding carboxylic acids is 1. The molecule has 126 valence electrons. The van der Waals surface area contributed by atoms with Gasteiger partial charge in [-0.2, -0.15) is 4.99 Å². The highest BCUT2D eigenvalue weighted by Crippen LogP contribution is 2.25. The van der Waals surface area contributed by atoms with Crippen LogP contribution in [0.25, 0.3) is 10.2 Å². The van der Waals surface area contributed by atoms with Gasteiger partial charge in [0.05, 0.1) is 28.8 Å². The molecule has 1 amide bonds. The van der Waals surface area contributed by atoms with E-state index in [0.717, 1.165) is 21.6 Å². The minimum Gasteiger partial charge on any atom is -0.497 e. The number of thiophene rings is 1. The number of methoxy groups -OCH3 is 1. The van der Waals surface area contributed by atoms with Gasteiger partial charge in [-0.05, 0) is 24.3 Å². The molecule has 0 saturated heterocycles. The van der Waals surface area contributed by atoms with Gasteiger partial charge in [0.1, 0.15) is 10.6 Å². The van der Waals surface area contributed by atoms with Crippen LogP contribution in [-0.4, -0.2) is 22.5 Å². The van der Waals surface area contributed by atoms with Gasteiger partial charge in [-0.15, -0.1) is 6.42 Å². The second-order valence-corrected chi connectivity index (χ2v) is 6.89. The molecule has 0 fully saturated rings. The summed E-state index contributed by atoms with van der Waals surface area (Å²) in [5.74, 6) is 2.69. The zero-order valence-corrected chi connectivity index (χ0v) is 14.6. The fourth-order valence-electron chi connectivity index (χ4n) is 2.19. The van der Waals surface area contributed by atoms with Crippen LogP contribution in [0.3, 0.4) is 0 Å². The number of aromatic nitrogens is 1. The van der Waals surface area contributed by atoms with Gasteiger partial charge in [-0.1, -0.05) is 28.6 Å². The van der Waals surface area contributed by atoms with Gasteiger partial charge in [-0.3, -0.25) is 14.9 Å². The second-order valence-electron chi connectivity index (χ2n) is 4.82. The maximum atomic E-state index is 12.3. The Morgan fingerprint density at radius 1 is 1.40 bits per heavy atom. The van der Waals surface area contributed by atoms with Crippen molar-refractivity contribution in [3.05, 3.63) is 50.1 Å². The third-order valence-corrected chi connectivity index (χ3v) is 5.39. The lowest BCUT2D eigenvalue weighted by atomic mass is 10.3. The van der Waals surface area contributed by atoms with Gasteiger partial charge in [0.25, 0.3) is 5.91 Å². The highest BCUT2D eigenvalue weighted by molar-refractivity contribution is 7.17. The topological polar surface area (TPSA) is 86.7 Å². The Morgan fingerprint density at radius 2 is 2.20 bits per heavy atom. The average molecular weight is 373 g/mol. The van der Waals surface area contributed by atoms with E-state index in [0.29, 0.717) is 10.6 Å². The summed E-state index contributed by atoms with van der Waals surface area (Å²) < 4.78 is 7.83. The Morgan fingerprint density at radius 3 is 2.84 bits per heavy atom. The molecule has 2 aromatic heterocycles. The molecular weight excluding hydrogens is 362 g/mol. The molecule has 0 aliphatic carbocycles. The predicted molar refractivity (Wildman–Crippen MR) is 96.1 cm³/mol. The number of hydrogen-bond acceptors (Lipinski definition) is 6. The zero-order chi connectivity index (χ0) is 18.0. The van der Waals surface area contributed by atoms with Crippen molar-refractivity contribution < 1.29 is 14.5 Å². The lowest BCUT2D eigenvalue weighted by molar-refractivity contribution is -0.380. The minimum atomic E-state index is -0.539. The molecule has 0 saturated carbocycles. The van der Waals surface area contributed by atoms with Gasteiger partial charge in [0.15, 0.2) is 4.80 Å². The highest BCUT2D eigenvalue weighted by atomic mass is 32.1. The van der Waals surface area contributed by atoms with Crippen molar-refractivity contribution in [3.8, 4) is 18.1 Å². The molecule has 3 aromatic rings. The van der Waals surface area contributed by atoms with Crippen LogP contribution in [0.2, 0.25) is 0 Å². The summed E-state index contributed by atoms with van der Waals surface area (Å²) >= 11 is 2.09. The van der Waals surface area contributed by atoms with Crippen LogP contribution in [0.15, 0.2) is 35.3 Å². The number of ether oxygens (including phenoxy) is 1. The van der Waals surface area contributed by atoms with E-state index in [-0.39, 0.29) is 16.4 Å². The maximum absolute atomic E-state index is 12.3. The van der Waals surface area contributed by atoms with E-state index in [1.807, 2.05) is 12.1 Å². The van der Waals surface area contributed by atoms with Crippen molar-refractivity contribution in [2.45, 2.75) is 6.54 Å². The van der Waals surface area contributed by atoms with Crippen molar-refractivity contribution in [1.82, 2.24) is 4.57 Å². The summed E-state index contributed by atoms with van der Waals surface area (Å²) in [5, 5.41) is 10.6. The van der Waals surface area contributed by atoms with Crippen molar-refractivity contribution in [2.24, 2.45) is 4.99 Å². The molecule has 9 heteroatoms. The van der Waals surface area contributed by atoms with Crippen LogP contribution in [0.5, 0.6) is 5.75 Å². The lowest BCUT2D eigenvalue weighted by Crippen LogP contribution is -2.16. The quantitative estimate of drug-likeness (QED) is 0.399. The molecule has 0 spiro atoms. The van der Waals surface area contributed by atoms with Crippen LogP contribution in [0.1, 0.15) is 9.67 Å². The Bertz CT molecular complexity index is 1080. The Balaban J connectivity index is 2.10. The van der Waals surface area contributed by atoms with E-state index in [1.54, 1.807) is 17.7 Å². The summed E-state index contributed by atoms with van der Waals surface area (Å²) in [6.07, 6.45) is 5.42. The fourth-order valence-corrected chi connectivity index (χ4v) is 3.95. The number of nitro groups is 1. The Labute approximate surface area is 150 Å². The molecule has 7 nitrogen and oxygen atoms in total. The molecule has 0 radical (unpaired) electrons. The summed E-state index contributed by atoms with van der Waals surface area (Å²) in [6, 6.07) is 8.18. The van der Waals surface area contributed by atoms with E-state index >= 15 is 0 Å². The first-order chi connectivity index (χ1) is 12.0. The van der Waals surface area contributed by atoms with E-state index in [1.165, 1.54) is 23.5 Å². The third kappa shape index (κ3) is 3.31. The standard InChI is InChI=1S/C16H11N3O4S2/c1-3-8-18-11-5-4-10(23-2)9-13(11)25-16(18)17-15(20)12-6-7-14(24-12)19(21)22/h1,4-7,9H,8H2,2H3. The monoisotopic (exact) mass is 373 g/mol. The number of terminal acetylenes is 1. The first-order valence-electron chi connectivity index (χ1n) is 6.97. The molecule has 0 bridgehead atoms. The summed E-state index contributed by atoms with van der Waals surface area (Å²) in [6.45, 7) is 0.253. The minimum absolute atomic E-state index is 0.101. The number of amides is 1. The molecule has 3 rings (SSSR count). The normalized spacial score (nSPS) is 11.4. The van der Waals surface area contributed by atoms with E-state index in [9.17, 15) is 14.9 Å². The van der Waals surface area contributed by atoms with Gasteiger partial charge >= 0.3 is 5.00 Å². The summed E-state index contributed by atoms with van der Waals surface area (Å²) in [4.78, 5) is 27.3. The number of rotatable bonds is 4. The second kappa shape index (κ2) is 6.88. The molecule has 0 aliphatic rings. The average Bonchev–Trinajstić information content (AvgIpc) is 3.20. The van der Waals surface area contributed by atoms with Crippen molar-refractivity contribution >= 4 is 43.8 Å². The van der Waals surface area contributed by atoms with Gasteiger partial charge in [-0.25, -0.2) is 0 Å². The zero-order valence-electron chi connectivity index (χ0n) is 13.0. The van der Waals surface area contributed by atoms with Crippen LogP contribution in [-0.2, 0) is 6.54 Å². The van der Waals surface area contributed by atoms with Gasteiger partial charge in [0.2, 0.25) is 0 Å². The maximum Gasteiger partial charge on any atom is 0.324 e. The number of hydrogen-bond donors (Lipinski definition) is 0. The summed E-state index contributed by atoms with van der Waals surface area (Å²) in [5.41, 5.74) is 0.840. The van der Waals surface area contributed by atoms with Crippen molar-refractivity contribution in [2.75, 3.05) is 7.11 Å². The Hall–Kier alpha value is -2.96. The van der Waals surface area contributed by atoms with Crippen LogP contribution >= 0.6 is 22.7 Å². The number of nitrogens with zero attached hydrogens (tertiary/aromatic N) is 3. The van der Waals surface area contributed by atoms with Crippen molar-refractivity contribution in [3.63, 3.8) is 0 Å². The van der Waals surface area contributed by atoms with Crippen molar-refractivity contribution in [1.29, 1.82) is 0 Å². The van der Waals surface area contributed by atoms with Crippen LogP contribution in [0.4, 0.5) is 5.00 Å². The molecule has 0 N–H and O–H groups in total. The molecule has 2 heterocycles. The van der Waals surface area contributed by atoms with E-state index in [2.05, 4.69) is 10.9 Å². The first kappa shape index (κ1) is 16.9. The van der Waals surface area contributed by atoms with E-state index < -0.39 is 10.8 Å². The third-order valence-electron chi connectivity index (χ3n) is 3.32. The smallest absolute Gasteiger partial charge is 0.324 e. The molecule has 1 aromatic carbocycles. The first-order valence-corrected chi connectivity index (χ1v) is 8.61. The van der Waals surface area contributed by atoms with Crippen LogP contribution < -0.4 is 9.54 Å². The fraction of sp³-hybridized carbons (Fsp3) is 0.125. The number of fused-ring (bicyclic) bond motifs is 1. The predicted octanol–water partition coefficient (Wildman–Crippen LogP) is 3.06. The van der Waals surface area contributed by atoms with Crippen LogP contribution in [0, 0.1) is 22.5 Å². The number of thiazole rings is 1. The molecular formula is C16H11N3O4S2. The van der Waals surface area contributed by atoms with Gasteiger partial charge < -0.3 is 9.30 Å².